The molecule has 2 aromatic heterocycles. The van der Waals surface area contributed by atoms with E-state index in [0.29, 0.717) is 0 Å². The standard InChI is InChI=1S/C44H44N2O2S2/c1-43(15-19-49-20-16-43)27-29-11-13-39(47)35(23-29)37-25-31-7-3-5-9-33(31)41(45-37)42-34-10-6-4-8-32(34)26-38(46-42)36-24-30(12-14-40(36)48)28-44(2)17-21-50-22-18-44/h3-14,23-26,47-48H,15-22,27-28H2,1-2H3. The first-order chi connectivity index (χ1) is 24.3. The number of rotatable bonds is 7. The minimum Gasteiger partial charge on any atom is -0.507 e. The Morgan fingerprint density at radius 1 is 0.540 bits per heavy atom. The van der Waals surface area contributed by atoms with Crippen LogP contribution in [0.25, 0.3) is 55.4 Å². The third kappa shape index (κ3) is 6.72. The third-order valence-corrected chi connectivity index (χ3v) is 13.0. The molecule has 2 saturated heterocycles. The monoisotopic (exact) mass is 696 g/mol. The second kappa shape index (κ2) is 13.6. The van der Waals surface area contributed by atoms with Crippen molar-refractivity contribution in [2.45, 2.75) is 52.4 Å². The van der Waals surface area contributed by atoms with Crippen LogP contribution >= 0.6 is 23.5 Å². The number of hydrogen-bond acceptors (Lipinski definition) is 6. The van der Waals surface area contributed by atoms with Crippen LogP contribution in [0, 0.1) is 10.8 Å². The van der Waals surface area contributed by atoms with Gasteiger partial charge in [0.05, 0.1) is 22.8 Å². The first-order valence-corrected chi connectivity index (χ1v) is 20.2. The molecule has 2 aliphatic heterocycles. The van der Waals surface area contributed by atoms with Crippen LogP contribution < -0.4 is 0 Å². The summed E-state index contributed by atoms with van der Waals surface area (Å²) in [6.45, 7) is 4.80. The number of pyridine rings is 2. The predicted molar refractivity (Wildman–Crippen MR) is 213 cm³/mol. The zero-order chi connectivity index (χ0) is 34.3. The number of phenols is 2. The SMILES string of the molecule is CC1(Cc2ccc(O)c(-c3cc4ccccc4c(-c4nc(-c5cc(CC6(C)CCSCC6)ccc5O)cc5ccccc45)n3)c2)CCSCC1. The lowest BCUT2D eigenvalue weighted by atomic mass is 9.78. The highest BCUT2D eigenvalue weighted by atomic mass is 32.2. The van der Waals surface area contributed by atoms with Crippen molar-refractivity contribution in [1.82, 2.24) is 9.97 Å². The quantitative estimate of drug-likeness (QED) is 0.173. The van der Waals surface area contributed by atoms with Gasteiger partial charge in [-0.3, -0.25) is 0 Å². The molecule has 50 heavy (non-hydrogen) atoms. The van der Waals surface area contributed by atoms with Crippen LogP contribution in [-0.2, 0) is 12.8 Å². The molecule has 4 heterocycles. The molecule has 8 rings (SSSR count). The number of aromatic hydroxyl groups is 2. The van der Waals surface area contributed by atoms with Gasteiger partial charge in [-0.1, -0.05) is 74.5 Å². The summed E-state index contributed by atoms with van der Waals surface area (Å²) in [6.07, 6.45) is 6.79. The van der Waals surface area contributed by atoms with Gasteiger partial charge in [-0.2, -0.15) is 23.5 Å². The van der Waals surface area contributed by atoms with Gasteiger partial charge in [0.1, 0.15) is 11.5 Å². The zero-order valence-electron chi connectivity index (χ0n) is 28.9. The second-order valence-electron chi connectivity index (χ2n) is 15.1. The first kappa shape index (κ1) is 33.2. The summed E-state index contributed by atoms with van der Waals surface area (Å²) in [7, 11) is 0. The van der Waals surface area contributed by atoms with Gasteiger partial charge < -0.3 is 10.2 Å². The average Bonchev–Trinajstić information content (AvgIpc) is 3.12. The molecule has 0 aliphatic carbocycles. The van der Waals surface area contributed by atoms with E-state index in [1.807, 2.05) is 59.9 Å². The van der Waals surface area contributed by atoms with Gasteiger partial charge >= 0.3 is 0 Å². The molecule has 6 heteroatoms. The molecule has 0 spiro atoms. The topological polar surface area (TPSA) is 66.2 Å². The largest absolute Gasteiger partial charge is 0.507 e. The van der Waals surface area contributed by atoms with Crippen molar-refractivity contribution in [2.24, 2.45) is 10.8 Å². The van der Waals surface area contributed by atoms with Crippen molar-refractivity contribution in [3.05, 3.63) is 108 Å². The number of aromatic nitrogens is 2. The Bertz CT molecular complexity index is 2040. The van der Waals surface area contributed by atoms with Gasteiger partial charge in [0.2, 0.25) is 0 Å². The van der Waals surface area contributed by atoms with E-state index in [-0.39, 0.29) is 22.3 Å². The smallest absolute Gasteiger partial charge is 0.124 e. The molecule has 0 saturated carbocycles. The Morgan fingerprint density at radius 2 is 0.940 bits per heavy atom. The molecule has 254 valence electrons. The van der Waals surface area contributed by atoms with Crippen LogP contribution in [0.2, 0.25) is 0 Å². The van der Waals surface area contributed by atoms with Crippen molar-refractivity contribution in [3.63, 3.8) is 0 Å². The maximum atomic E-state index is 11.3. The third-order valence-electron chi connectivity index (χ3n) is 11.0. The van der Waals surface area contributed by atoms with E-state index in [4.69, 9.17) is 9.97 Å². The number of thioether (sulfide) groups is 2. The van der Waals surface area contributed by atoms with Crippen LogP contribution in [0.5, 0.6) is 11.5 Å². The van der Waals surface area contributed by atoms with Gasteiger partial charge in [0.15, 0.2) is 0 Å². The Labute approximate surface area is 303 Å². The molecule has 0 amide bonds. The summed E-state index contributed by atoms with van der Waals surface area (Å²) >= 11 is 4.10. The molecule has 4 aromatic carbocycles. The summed E-state index contributed by atoms with van der Waals surface area (Å²) in [5, 5.41) is 26.6. The van der Waals surface area contributed by atoms with Crippen molar-refractivity contribution in [3.8, 4) is 45.4 Å². The van der Waals surface area contributed by atoms with Gasteiger partial charge in [-0.15, -0.1) is 0 Å². The summed E-state index contributed by atoms with van der Waals surface area (Å²) in [4.78, 5) is 10.7. The van der Waals surface area contributed by atoms with Gasteiger partial charge in [0.25, 0.3) is 0 Å². The summed E-state index contributed by atoms with van der Waals surface area (Å²) in [5.41, 5.74) is 7.44. The van der Waals surface area contributed by atoms with Crippen molar-refractivity contribution < 1.29 is 10.2 Å². The molecular formula is C44H44N2O2S2. The van der Waals surface area contributed by atoms with Gasteiger partial charge in [-0.05, 0) is 131 Å². The summed E-state index contributed by atoms with van der Waals surface area (Å²) in [6, 6.07) is 32.9. The highest BCUT2D eigenvalue weighted by Gasteiger charge is 2.29. The highest BCUT2D eigenvalue weighted by molar-refractivity contribution is 7.99. The molecule has 4 nitrogen and oxygen atoms in total. The first-order valence-electron chi connectivity index (χ1n) is 17.9. The van der Waals surface area contributed by atoms with Crippen LogP contribution in [0.4, 0.5) is 0 Å². The fourth-order valence-electron chi connectivity index (χ4n) is 7.90. The lowest BCUT2D eigenvalue weighted by molar-refractivity contribution is 0.294. The maximum absolute atomic E-state index is 11.3. The Balaban J connectivity index is 1.26. The van der Waals surface area contributed by atoms with E-state index in [9.17, 15) is 10.2 Å². The van der Waals surface area contributed by atoms with Crippen LogP contribution in [0.3, 0.4) is 0 Å². The number of phenolic OH excluding ortho intramolecular Hbond substituents is 2. The number of benzene rings is 4. The van der Waals surface area contributed by atoms with E-state index in [1.54, 1.807) is 0 Å². The Hall–Kier alpha value is -4.00. The normalized spacial score (nSPS) is 17.2. The number of fused-ring (bicyclic) bond motifs is 2. The van der Waals surface area contributed by atoms with Crippen molar-refractivity contribution in [2.75, 3.05) is 23.0 Å². The van der Waals surface area contributed by atoms with Crippen LogP contribution in [0.15, 0.2) is 97.1 Å². The van der Waals surface area contributed by atoms with E-state index < -0.39 is 0 Å². The molecule has 2 aliphatic rings. The Kier molecular flexibility index (Phi) is 9.03. The average molecular weight is 697 g/mol. The second-order valence-corrected chi connectivity index (χ2v) is 17.5. The molecule has 2 fully saturated rings. The fourth-order valence-corrected chi connectivity index (χ4v) is 10.9. The molecule has 2 N–H and O–H groups in total. The van der Waals surface area contributed by atoms with E-state index in [1.165, 1.54) is 59.8 Å². The van der Waals surface area contributed by atoms with Gasteiger partial charge in [0, 0.05) is 21.9 Å². The molecule has 0 atom stereocenters. The fraction of sp³-hybridized carbons (Fsp3) is 0.318. The van der Waals surface area contributed by atoms with Gasteiger partial charge in [-0.25, -0.2) is 9.97 Å². The molecule has 0 bridgehead atoms. The molecule has 0 unspecified atom stereocenters. The van der Waals surface area contributed by atoms with Crippen molar-refractivity contribution >= 4 is 45.1 Å². The lowest BCUT2D eigenvalue weighted by Gasteiger charge is -2.33. The maximum Gasteiger partial charge on any atom is 0.124 e. The van der Waals surface area contributed by atoms with Crippen LogP contribution in [0.1, 0.15) is 50.7 Å². The van der Waals surface area contributed by atoms with E-state index >= 15 is 0 Å². The number of hydrogen-bond donors (Lipinski definition) is 2. The van der Waals surface area contributed by atoms with Crippen molar-refractivity contribution in [1.29, 1.82) is 0 Å². The Morgan fingerprint density at radius 3 is 1.36 bits per heavy atom. The van der Waals surface area contributed by atoms with E-state index in [2.05, 4.69) is 74.5 Å². The summed E-state index contributed by atoms with van der Waals surface area (Å²) in [5.74, 6) is 5.28. The molecule has 0 radical (unpaired) electrons. The highest BCUT2D eigenvalue weighted by Crippen LogP contribution is 2.43. The minimum absolute atomic E-state index is 0.227. The summed E-state index contributed by atoms with van der Waals surface area (Å²) < 4.78 is 0. The molecular weight excluding hydrogens is 653 g/mol. The number of nitrogens with zero attached hydrogens (tertiary/aromatic N) is 2. The predicted octanol–water partition coefficient (Wildman–Crippen LogP) is 11.3. The zero-order valence-corrected chi connectivity index (χ0v) is 30.5. The van der Waals surface area contributed by atoms with Crippen LogP contribution in [-0.4, -0.2) is 43.2 Å². The lowest BCUT2D eigenvalue weighted by Crippen LogP contribution is -2.25. The minimum atomic E-state index is 0.227. The van der Waals surface area contributed by atoms with E-state index in [0.717, 1.165) is 68.3 Å². The molecule has 6 aromatic rings.